The molecule has 2 aromatic heterocycles. The van der Waals surface area contributed by atoms with E-state index in [1.807, 2.05) is 53.5 Å². The Kier molecular flexibility index (Phi) is 4.35. The van der Waals surface area contributed by atoms with Crippen LogP contribution in [-0.2, 0) is 17.8 Å². The summed E-state index contributed by atoms with van der Waals surface area (Å²) in [4.78, 5) is 4.04. The van der Waals surface area contributed by atoms with Crippen LogP contribution in [0.4, 0.5) is 0 Å². The number of morpholine rings is 1. The minimum atomic E-state index is 0.155. The van der Waals surface area contributed by atoms with Crippen molar-refractivity contribution >= 4 is 0 Å². The number of para-hydroxylation sites is 1. The summed E-state index contributed by atoms with van der Waals surface area (Å²) in [5.74, 6) is 0. The van der Waals surface area contributed by atoms with Gasteiger partial charge >= 0.3 is 0 Å². The third-order valence-electron chi connectivity index (χ3n) is 4.08. The molecule has 1 saturated heterocycles. The summed E-state index contributed by atoms with van der Waals surface area (Å²) in [5, 5.41) is 13.2. The highest BCUT2D eigenvalue weighted by Crippen LogP contribution is 2.11. The van der Waals surface area contributed by atoms with Gasteiger partial charge in [0, 0.05) is 32.0 Å². The van der Waals surface area contributed by atoms with Gasteiger partial charge in [0.2, 0.25) is 0 Å². The van der Waals surface area contributed by atoms with Gasteiger partial charge in [-0.25, -0.2) is 0 Å². The van der Waals surface area contributed by atoms with Crippen LogP contribution in [0.5, 0.6) is 0 Å². The molecule has 0 saturated carbocycles. The topological polar surface area (TPSA) is 61.0 Å². The molecule has 24 heavy (non-hydrogen) atoms. The monoisotopic (exact) mass is 324 g/mol. The second kappa shape index (κ2) is 6.94. The fourth-order valence-electron chi connectivity index (χ4n) is 2.93. The zero-order valence-electron chi connectivity index (χ0n) is 13.4. The first-order chi connectivity index (χ1) is 11.9. The van der Waals surface area contributed by atoms with E-state index in [9.17, 15) is 0 Å². The van der Waals surface area contributed by atoms with Crippen LogP contribution in [0.2, 0.25) is 0 Å². The molecule has 1 atom stereocenters. The van der Waals surface area contributed by atoms with E-state index in [1.165, 1.54) is 0 Å². The molecule has 0 N–H and O–H groups in total. The first kappa shape index (κ1) is 15.0. The first-order valence-corrected chi connectivity index (χ1v) is 8.15. The molecule has 124 valence electrons. The molecule has 3 heterocycles. The van der Waals surface area contributed by atoms with Gasteiger partial charge in [0.05, 0.1) is 36.8 Å². The highest BCUT2D eigenvalue weighted by Gasteiger charge is 2.21. The van der Waals surface area contributed by atoms with Crippen molar-refractivity contribution < 1.29 is 4.74 Å². The van der Waals surface area contributed by atoms with E-state index in [2.05, 4.69) is 20.2 Å². The molecule has 0 spiro atoms. The smallest absolute Gasteiger partial charge is 0.0971 e. The van der Waals surface area contributed by atoms with Crippen LogP contribution < -0.4 is 0 Å². The number of ether oxygens (including phenoxy) is 1. The second-order valence-electron chi connectivity index (χ2n) is 5.92. The van der Waals surface area contributed by atoms with Crippen molar-refractivity contribution in [3.63, 3.8) is 0 Å². The van der Waals surface area contributed by atoms with Crippen LogP contribution in [0.3, 0.4) is 0 Å². The quantitative estimate of drug-likeness (QED) is 0.709. The van der Waals surface area contributed by atoms with Gasteiger partial charge in [-0.15, -0.1) is 0 Å². The van der Waals surface area contributed by atoms with E-state index in [4.69, 9.17) is 4.74 Å². The maximum atomic E-state index is 5.85. The van der Waals surface area contributed by atoms with Gasteiger partial charge in [0.25, 0.3) is 0 Å². The molecule has 0 radical (unpaired) electrons. The van der Waals surface area contributed by atoms with Crippen LogP contribution >= 0.6 is 0 Å². The minimum Gasteiger partial charge on any atom is -0.374 e. The van der Waals surface area contributed by atoms with Crippen LogP contribution in [0, 0.1) is 0 Å². The summed E-state index contributed by atoms with van der Waals surface area (Å²) in [6.07, 6.45) is 5.75. The molecule has 0 aliphatic carbocycles. The Bertz CT molecular complexity index is 755. The first-order valence-electron chi connectivity index (χ1n) is 8.15. The summed E-state index contributed by atoms with van der Waals surface area (Å²) in [5.41, 5.74) is 1.95. The van der Waals surface area contributed by atoms with Crippen LogP contribution in [-0.4, -0.2) is 55.5 Å². The number of hydrogen-bond donors (Lipinski definition) is 0. The van der Waals surface area contributed by atoms with Crippen molar-refractivity contribution in [2.45, 2.75) is 19.2 Å². The molecule has 0 amide bonds. The van der Waals surface area contributed by atoms with E-state index >= 15 is 0 Å². The second-order valence-corrected chi connectivity index (χ2v) is 5.92. The fourth-order valence-corrected chi connectivity index (χ4v) is 2.93. The average Bonchev–Trinajstić information content (AvgIpc) is 3.28. The van der Waals surface area contributed by atoms with Crippen molar-refractivity contribution in [2.75, 3.05) is 19.7 Å². The maximum absolute atomic E-state index is 5.85. The SMILES string of the molecule is c1ccc(-n2ncc(CN3CCO[C@H](Cn4cccn4)C3)n2)cc1. The lowest BCUT2D eigenvalue weighted by molar-refractivity contribution is -0.0405. The van der Waals surface area contributed by atoms with E-state index in [1.54, 1.807) is 11.0 Å². The molecule has 1 aliphatic heterocycles. The normalized spacial score (nSPS) is 18.8. The van der Waals surface area contributed by atoms with E-state index in [0.717, 1.165) is 44.2 Å². The molecule has 3 aromatic rings. The van der Waals surface area contributed by atoms with Crippen molar-refractivity contribution in [3.05, 3.63) is 60.7 Å². The summed E-state index contributed by atoms with van der Waals surface area (Å²) in [7, 11) is 0. The van der Waals surface area contributed by atoms with E-state index in [-0.39, 0.29) is 6.10 Å². The molecule has 7 nitrogen and oxygen atoms in total. The zero-order valence-corrected chi connectivity index (χ0v) is 13.4. The van der Waals surface area contributed by atoms with Gasteiger partial charge < -0.3 is 4.74 Å². The van der Waals surface area contributed by atoms with Gasteiger partial charge in [-0.05, 0) is 18.2 Å². The third-order valence-corrected chi connectivity index (χ3v) is 4.08. The van der Waals surface area contributed by atoms with E-state index < -0.39 is 0 Å². The third kappa shape index (κ3) is 3.52. The Hall–Kier alpha value is -2.51. The Morgan fingerprint density at radius 1 is 1.12 bits per heavy atom. The largest absolute Gasteiger partial charge is 0.374 e. The zero-order chi connectivity index (χ0) is 16.2. The van der Waals surface area contributed by atoms with E-state index in [0.29, 0.717) is 0 Å². The molecule has 7 heteroatoms. The van der Waals surface area contributed by atoms with Crippen molar-refractivity contribution in [1.29, 1.82) is 0 Å². The number of benzene rings is 1. The Morgan fingerprint density at radius 2 is 2.04 bits per heavy atom. The molecular weight excluding hydrogens is 304 g/mol. The van der Waals surface area contributed by atoms with Gasteiger partial charge in [0.1, 0.15) is 0 Å². The van der Waals surface area contributed by atoms with Crippen molar-refractivity contribution in [2.24, 2.45) is 0 Å². The van der Waals surface area contributed by atoms with Crippen LogP contribution in [0.25, 0.3) is 5.69 Å². The van der Waals surface area contributed by atoms with Gasteiger partial charge in [0.15, 0.2) is 0 Å². The summed E-state index contributed by atoms with van der Waals surface area (Å²) in [6.45, 7) is 4.08. The highest BCUT2D eigenvalue weighted by atomic mass is 16.5. The number of aromatic nitrogens is 5. The Balaban J connectivity index is 1.37. The van der Waals surface area contributed by atoms with Gasteiger partial charge in [-0.1, -0.05) is 18.2 Å². The maximum Gasteiger partial charge on any atom is 0.0971 e. The molecular formula is C17H20N6O. The minimum absolute atomic E-state index is 0.155. The molecule has 0 bridgehead atoms. The lowest BCUT2D eigenvalue weighted by atomic mass is 10.2. The predicted molar refractivity (Wildman–Crippen MR) is 88.6 cm³/mol. The Labute approximate surface area is 140 Å². The number of hydrogen-bond acceptors (Lipinski definition) is 5. The highest BCUT2D eigenvalue weighted by molar-refractivity contribution is 5.28. The summed E-state index contributed by atoms with van der Waals surface area (Å²) >= 11 is 0. The molecule has 4 rings (SSSR count). The van der Waals surface area contributed by atoms with Crippen molar-refractivity contribution in [1.82, 2.24) is 29.7 Å². The lowest BCUT2D eigenvalue weighted by Crippen LogP contribution is -2.43. The predicted octanol–water partition coefficient (Wildman–Crippen LogP) is 1.36. The molecule has 0 unspecified atom stereocenters. The van der Waals surface area contributed by atoms with Crippen LogP contribution in [0.1, 0.15) is 5.69 Å². The number of rotatable bonds is 5. The molecule has 1 fully saturated rings. The lowest BCUT2D eigenvalue weighted by Gasteiger charge is -2.32. The van der Waals surface area contributed by atoms with Gasteiger partial charge in [-0.2, -0.15) is 20.1 Å². The standard InChI is InChI=1S/C17H20N6O/c1-2-5-16(6-3-1)23-19-11-15(20-23)12-21-9-10-24-17(13-21)14-22-8-4-7-18-22/h1-8,11,17H,9-10,12-14H2/t17-/m0/s1. The number of nitrogens with zero attached hydrogens (tertiary/aromatic N) is 6. The van der Waals surface area contributed by atoms with Crippen LogP contribution in [0.15, 0.2) is 55.0 Å². The van der Waals surface area contributed by atoms with Gasteiger partial charge in [-0.3, -0.25) is 9.58 Å². The molecule has 1 aromatic carbocycles. The Morgan fingerprint density at radius 3 is 2.88 bits per heavy atom. The fraction of sp³-hybridized carbons (Fsp3) is 0.353. The van der Waals surface area contributed by atoms with Crippen molar-refractivity contribution in [3.8, 4) is 5.69 Å². The summed E-state index contributed by atoms with van der Waals surface area (Å²) in [6, 6.07) is 11.9. The molecule has 1 aliphatic rings. The average molecular weight is 324 g/mol. The summed E-state index contributed by atoms with van der Waals surface area (Å²) < 4.78 is 7.77.